The number of sulfonamides is 1. The lowest BCUT2D eigenvalue weighted by Crippen LogP contribution is -2.33. The lowest BCUT2D eigenvalue weighted by atomic mass is 10.1. The fourth-order valence-electron chi connectivity index (χ4n) is 1.90. The van der Waals surface area contributed by atoms with Gasteiger partial charge in [-0.3, -0.25) is 9.78 Å². The maximum absolute atomic E-state index is 12.4. The fourth-order valence-corrected chi connectivity index (χ4v) is 3.05. The molecule has 1 aromatic heterocycles. The average molecular weight is 331 g/mol. The molecular weight excluding hydrogens is 318 g/mol. The van der Waals surface area contributed by atoms with Crippen LogP contribution in [0.3, 0.4) is 0 Å². The number of nitrogens with one attached hydrogen (secondary N) is 1. The molecule has 0 aliphatic rings. The molecule has 1 unspecified atom stereocenters. The van der Waals surface area contributed by atoms with Crippen LogP contribution in [0.15, 0.2) is 47.5 Å². The largest absolute Gasteiger partial charge is 0.480 e. The molecule has 118 valence electrons. The first-order valence-electron chi connectivity index (χ1n) is 6.52. The topological polar surface area (TPSA) is 120 Å². The van der Waals surface area contributed by atoms with E-state index in [-0.39, 0.29) is 10.5 Å². The van der Waals surface area contributed by atoms with Crippen LogP contribution in [0.25, 0.3) is 0 Å². The SMILES string of the molecule is Cc1ncc(S(=O)(=O)NC(C(=O)O)c2ccccc2)cc1C#N. The number of carboxylic acid groups (broad SMARTS) is 1. The number of rotatable bonds is 5. The standard InChI is InChI=1S/C15H13N3O4S/c1-10-12(8-16)7-13(9-17-10)23(21,22)18-14(15(19)20)11-5-3-2-4-6-11/h2-7,9,14,18H,1H3,(H,19,20). The Morgan fingerprint density at radius 3 is 2.57 bits per heavy atom. The van der Waals surface area contributed by atoms with Crippen LogP contribution < -0.4 is 4.72 Å². The van der Waals surface area contributed by atoms with E-state index in [9.17, 15) is 18.3 Å². The summed E-state index contributed by atoms with van der Waals surface area (Å²) in [5, 5.41) is 18.2. The van der Waals surface area contributed by atoms with Crippen LogP contribution in [0.1, 0.15) is 22.9 Å². The van der Waals surface area contributed by atoms with E-state index in [1.165, 1.54) is 12.1 Å². The molecule has 2 rings (SSSR count). The summed E-state index contributed by atoms with van der Waals surface area (Å²) in [6, 6.07) is 9.51. The zero-order chi connectivity index (χ0) is 17.0. The summed E-state index contributed by atoms with van der Waals surface area (Å²) in [5.74, 6) is -1.33. The minimum atomic E-state index is -4.15. The summed E-state index contributed by atoms with van der Waals surface area (Å²) >= 11 is 0. The lowest BCUT2D eigenvalue weighted by molar-refractivity contribution is -0.139. The summed E-state index contributed by atoms with van der Waals surface area (Å²) in [6.07, 6.45) is 1.09. The fraction of sp³-hybridized carbons (Fsp3) is 0.133. The van der Waals surface area contributed by atoms with Crippen molar-refractivity contribution in [1.82, 2.24) is 9.71 Å². The minimum absolute atomic E-state index is 0.111. The molecule has 0 radical (unpaired) electrons. The Labute approximate surface area is 133 Å². The molecule has 0 aliphatic carbocycles. The normalized spacial score (nSPS) is 12.3. The Kier molecular flexibility index (Phi) is 4.74. The van der Waals surface area contributed by atoms with Gasteiger partial charge in [-0.25, -0.2) is 8.42 Å². The molecule has 8 heteroatoms. The first kappa shape index (κ1) is 16.6. The quantitative estimate of drug-likeness (QED) is 0.853. The molecule has 2 aromatic rings. The Morgan fingerprint density at radius 1 is 1.35 bits per heavy atom. The molecule has 0 saturated heterocycles. The van der Waals surface area contributed by atoms with Crippen LogP contribution in [-0.4, -0.2) is 24.5 Å². The van der Waals surface area contributed by atoms with Crippen LogP contribution in [0.4, 0.5) is 0 Å². The van der Waals surface area contributed by atoms with Gasteiger partial charge in [0, 0.05) is 6.20 Å². The average Bonchev–Trinajstić information content (AvgIpc) is 2.53. The number of nitriles is 1. The Balaban J connectivity index is 2.40. The highest BCUT2D eigenvalue weighted by molar-refractivity contribution is 7.89. The highest BCUT2D eigenvalue weighted by atomic mass is 32.2. The van der Waals surface area contributed by atoms with Crippen LogP contribution >= 0.6 is 0 Å². The second-order valence-corrected chi connectivity index (χ2v) is 6.43. The van der Waals surface area contributed by atoms with E-state index in [0.29, 0.717) is 11.3 Å². The van der Waals surface area contributed by atoms with E-state index in [1.54, 1.807) is 25.1 Å². The highest BCUT2D eigenvalue weighted by Gasteiger charge is 2.27. The van der Waals surface area contributed by atoms with Gasteiger partial charge >= 0.3 is 5.97 Å². The van der Waals surface area contributed by atoms with Crippen LogP contribution in [0, 0.1) is 18.3 Å². The summed E-state index contributed by atoms with van der Waals surface area (Å²) in [6.45, 7) is 1.58. The van der Waals surface area contributed by atoms with Crippen LogP contribution in [0.5, 0.6) is 0 Å². The van der Waals surface area contributed by atoms with Gasteiger partial charge in [-0.2, -0.15) is 9.98 Å². The van der Waals surface area contributed by atoms with E-state index >= 15 is 0 Å². The van der Waals surface area contributed by atoms with E-state index in [2.05, 4.69) is 9.71 Å². The number of carboxylic acids is 1. The number of aliphatic carboxylic acids is 1. The number of aromatic nitrogens is 1. The van der Waals surface area contributed by atoms with Gasteiger partial charge in [0.15, 0.2) is 0 Å². The zero-order valence-electron chi connectivity index (χ0n) is 12.1. The second-order valence-electron chi connectivity index (χ2n) is 4.72. The molecule has 0 bridgehead atoms. The summed E-state index contributed by atoms with van der Waals surface area (Å²) in [4.78, 5) is 15.0. The molecule has 0 fully saturated rings. The first-order chi connectivity index (χ1) is 10.8. The molecule has 1 atom stereocenters. The number of hydrogen-bond acceptors (Lipinski definition) is 5. The molecule has 0 spiro atoms. The van der Waals surface area contributed by atoms with Crippen LogP contribution in [0.2, 0.25) is 0 Å². The third-order valence-electron chi connectivity index (χ3n) is 3.15. The maximum Gasteiger partial charge on any atom is 0.326 e. The van der Waals surface area contributed by atoms with Crippen LogP contribution in [-0.2, 0) is 14.8 Å². The van der Waals surface area contributed by atoms with E-state index in [4.69, 9.17) is 5.26 Å². The summed E-state index contributed by atoms with van der Waals surface area (Å²) in [7, 11) is -4.15. The van der Waals surface area contributed by atoms with E-state index in [1.807, 2.05) is 6.07 Å². The number of carbonyl (C=O) groups is 1. The van der Waals surface area contributed by atoms with E-state index in [0.717, 1.165) is 12.3 Å². The molecule has 23 heavy (non-hydrogen) atoms. The number of benzene rings is 1. The van der Waals surface area contributed by atoms with Crippen molar-refractivity contribution in [3.63, 3.8) is 0 Å². The predicted molar refractivity (Wildman–Crippen MR) is 80.8 cm³/mol. The van der Waals surface area contributed by atoms with Gasteiger partial charge in [-0.1, -0.05) is 30.3 Å². The van der Waals surface area contributed by atoms with Crippen molar-refractivity contribution in [3.05, 3.63) is 59.4 Å². The van der Waals surface area contributed by atoms with Crippen molar-refractivity contribution < 1.29 is 18.3 Å². The smallest absolute Gasteiger partial charge is 0.326 e. The van der Waals surface area contributed by atoms with Crippen molar-refractivity contribution >= 4 is 16.0 Å². The van der Waals surface area contributed by atoms with Crippen molar-refractivity contribution in [2.45, 2.75) is 17.9 Å². The molecule has 1 aromatic carbocycles. The van der Waals surface area contributed by atoms with E-state index < -0.39 is 22.0 Å². The Bertz CT molecular complexity index is 873. The number of aryl methyl sites for hydroxylation is 1. The highest BCUT2D eigenvalue weighted by Crippen LogP contribution is 2.18. The molecular formula is C15H13N3O4S. The number of hydrogen-bond donors (Lipinski definition) is 2. The van der Waals surface area contributed by atoms with Gasteiger partial charge in [0.05, 0.1) is 11.3 Å². The molecule has 0 saturated carbocycles. The third-order valence-corrected chi connectivity index (χ3v) is 4.54. The zero-order valence-corrected chi connectivity index (χ0v) is 12.9. The summed E-state index contributed by atoms with van der Waals surface area (Å²) < 4.78 is 26.9. The lowest BCUT2D eigenvalue weighted by Gasteiger charge is -2.15. The number of nitrogens with zero attached hydrogens (tertiary/aromatic N) is 2. The minimum Gasteiger partial charge on any atom is -0.480 e. The van der Waals surface area contributed by atoms with Crippen molar-refractivity contribution in [2.24, 2.45) is 0 Å². The molecule has 0 amide bonds. The van der Waals surface area contributed by atoms with Gasteiger partial charge in [-0.15, -0.1) is 0 Å². The third kappa shape index (κ3) is 3.71. The van der Waals surface area contributed by atoms with Gasteiger partial charge in [0.25, 0.3) is 0 Å². The summed E-state index contributed by atoms with van der Waals surface area (Å²) in [5.41, 5.74) is 0.799. The Morgan fingerprint density at radius 2 is 2.00 bits per heavy atom. The van der Waals surface area contributed by atoms with Crippen molar-refractivity contribution in [2.75, 3.05) is 0 Å². The number of pyridine rings is 1. The molecule has 7 nitrogen and oxygen atoms in total. The second kappa shape index (κ2) is 6.56. The monoisotopic (exact) mass is 331 g/mol. The van der Waals surface area contributed by atoms with Crippen molar-refractivity contribution in [3.8, 4) is 6.07 Å². The Hall–Kier alpha value is -2.76. The van der Waals surface area contributed by atoms with Gasteiger partial charge in [0.2, 0.25) is 10.0 Å². The van der Waals surface area contributed by atoms with Crippen molar-refractivity contribution in [1.29, 1.82) is 5.26 Å². The first-order valence-corrected chi connectivity index (χ1v) is 8.00. The molecule has 1 heterocycles. The van der Waals surface area contributed by atoms with Gasteiger partial charge in [0.1, 0.15) is 17.0 Å². The molecule has 0 aliphatic heterocycles. The maximum atomic E-state index is 12.4. The van der Waals surface area contributed by atoms with Gasteiger partial charge in [-0.05, 0) is 18.6 Å². The van der Waals surface area contributed by atoms with Gasteiger partial charge < -0.3 is 5.11 Å². The molecule has 2 N–H and O–H groups in total. The predicted octanol–water partition coefficient (Wildman–Crippen LogP) is 1.37.